The van der Waals surface area contributed by atoms with Gasteiger partial charge < -0.3 is 29.4 Å². The summed E-state index contributed by atoms with van der Waals surface area (Å²) in [7, 11) is 6.38. The monoisotopic (exact) mass is 1530 g/mol. The maximum Gasteiger partial charge on any atom is 0.0540 e. The van der Waals surface area contributed by atoms with Gasteiger partial charge in [-0.25, -0.2) is 0 Å². The summed E-state index contributed by atoms with van der Waals surface area (Å²) in [5.74, 6) is 0. The molecule has 0 aliphatic heterocycles. The largest absolute Gasteiger partial charge is 0.345 e. The average Bonchev–Trinajstić information content (AvgIpc) is 0.782. The molecule has 0 fully saturated rings. The number of hydrogen-bond donors (Lipinski definition) is 0. The first-order valence-electron chi connectivity index (χ1n) is 40.6. The van der Waals surface area contributed by atoms with E-state index in [2.05, 4.69) is 524 Å². The molecule has 20 rings (SSSR count). The molecule has 0 saturated carbocycles. The first kappa shape index (κ1) is 74.9. The molecule has 119 heavy (non-hydrogen) atoms. The highest BCUT2D eigenvalue weighted by Gasteiger charge is 2.21. The molecule has 0 N–H and O–H groups in total. The van der Waals surface area contributed by atoms with Gasteiger partial charge in [-0.3, -0.25) is 0 Å². The Kier molecular flexibility index (Phi) is 21.8. The Balaban J connectivity index is 0.000000123. The predicted octanol–water partition coefficient (Wildman–Crippen LogP) is 31.5. The molecule has 0 aliphatic rings. The predicted molar refractivity (Wildman–Crippen MR) is 511 cm³/mol. The molecule has 0 bridgehead atoms. The van der Waals surface area contributed by atoms with Crippen LogP contribution in [-0.2, 0) is 0 Å². The van der Waals surface area contributed by atoms with Crippen molar-refractivity contribution < 1.29 is 0 Å². The van der Waals surface area contributed by atoms with Gasteiger partial charge in [-0.1, -0.05) is 322 Å². The van der Waals surface area contributed by atoms with Crippen molar-refractivity contribution in [3.05, 3.63) is 479 Å². The number of nitrogens with zero attached hydrogens (tertiary/aromatic N) is 6. The summed E-state index contributed by atoms with van der Waals surface area (Å²) < 4.78 is 0. The number of fused-ring (bicyclic) bond motifs is 5. The van der Waals surface area contributed by atoms with Crippen LogP contribution < -0.4 is 29.4 Å². The lowest BCUT2D eigenvalue weighted by molar-refractivity contribution is 1.20. The summed E-state index contributed by atoms with van der Waals surface area (Å²) in [5.41, 5.74) is 24.4. The maximum atomic E-state index is 2.36. The van der Waals surface area contributed by atoms with E-state index in [1.165, 1.54) is 98.6 Å². The van der Waals surface area contributed by atoms with E-state index in [0.29, 0.717) is 0 Å². The fourth-order valence-corrected chi connectivity index (χ4v) is 16.2. The molecule has 0 saturated heterocycles. The number of para-hydroxylation sites is 1. The molecule has 0 aromatic heterocycles. The van der Waals surface area contributed by atoms with Crippen LogP contribution in [0, 0.1) is 0 Å². The van der Waals surface area contributed by atoms with E-state index in [0.717, 1.165) is 73.9 Å². The van der Waals surface area contributed by atoms with Crippen molar-refractivity contribution in [1.29, 1.82) is 0 Å². The molecule has 6 nitrogen and oxygen atoms in total. The van der Waals surface area contributed by atoms with E-state index >= 15 is 0 Å². The Labute approximate surface area is 697 Å². The molecule has 0 atom stereocenters. The Hall–Kier alpha value is -15.5. The molecule has 20 aromatic carbocycles. The van der Waals surface area contributed by atoms with Crippen molar-refractivity contribution in [3.8, 4) is 33.4 Å². The van der Waals surface area contributed by atoms with Gasteiger partial charge in [0.25, 0.3) is 0 Å². The lowest BCUT2D eigenvalue weighted by Gasteiger charge is -2.28. The molecular weight excluding hydrogens is 1440 g/mol. The van der Waals surface area contributed by atoms with Gasteiger partial charge in [-0.15, -0.1) is 0 Å². The number of rotatable bonds is 18. The summed E-state index contributed by atoms with van der Waals surface area (Å²) in [4.78, 5) is 13.8. The van der Waals surface area contributed by atoms with Gasteiger partial charge >= 0.3 is 0 Å². The van der Waals surface area contributed by atoms with Crippen LogP contribution in [0.1, 0.15) is 0 Å². The zero-order valence-electron chi connectivity index (χ0n) is 66.8. The van der Waals surface area contributed by atoms with Crippen LogP contribution in [0.2, 0.25) is 0 Å². The minimum Gasteiger partial charge on any atom is -0.345 e. The van der Waals surface area contributed by atoms with Crippen LogP contribution in [0.3, 0.4) is 0 Å². The smallest absolute Gasteiger partial charge is 0.0540 e. The second-order valence-electron chi connectivity index (χ2n) is 29.8. The van der Waals surface area contributed by atoms with Gasteiger partial charge in [-0.2, -0.15) is 0 Å². The first-order valence-corrected chi connectivity index (χ1v) is 40.6. The summed E-state index contributed by atoms with van der Waals surface area (Å²) in [5, 5.41) is 12.3. The topological polar surface area (TPSA) is 19.4 Å². The normalized spacial score (nSPS) is 11.0. The molecule has 0 amide bonds. The first-order chi connectivity index (χ1) is 58.8. The molecule has 570 valence electrons. The van der Waals surface area contributed by atoms with Gasteiger partial charge in [0.15, 0.2) is 0 Å². The molecule has 0 aliphatic carbocycles. The standard InChI is InChI=1S/2C39H30N2.C35H28N2/c1-40(38-19-9-15-31-13-5-7-17-36(31)38)33-25-27-35(28-26-33)41(39-20-10-16-32-14-6-8-18-37(32)39)34-23-21-30(22-24-34)29-11-3-2-4-12-29;1-40(37-23-20-30-12-5-6-14-33(30)28-37)34-24-26-36(27-25-34)41(39-17-9-15-32-13-7-8-16-38(32)39)35-21-18-31(19-22-35)29-10-3-2-4-11-29;1-36(30-15-6-3-7-16-30)31-23-25-33(26-24-31)37(35-18-10-14-29-13-8-9-17-34(29)35)32-21-19-28(20-22-32)27-11-4-2-5-12-27/h2*2-28H,1H3;2-26H,1H3. The third-order valence-electron chi connectivity index (χ3n) is 22.6. The van der Waals surface area contributed by atoms with E-state index in [1.54, 1.807) is 0 Å². The molecular formula is C113H88N6. The molecule has 0 spiro atoms. The SMILES string of the molecule is CN(c1ccc(N(c2ccc(-c3ccccc3)cc2)c2cccc3ccccc23)cc1)c1ccc2ccccc2c1.CN(c1ccc(N(c2ccc(-c3ccccc3)cc2)c2cccc3ccccc23)cc1)c1cccc2ccccc12.CN(c1ccccc1)c1ccc(N(c2ccc(-c3ccccc3)cc2)c2cccc3ccccc23)cc1. The van der Waals surface area contributed by atoms with Gasteiger partial charge in [0.05, 0.1) is 17.1 Å². The molecule has 0 unspecified atom stereocenters. The Morgan fingerprint density at radius 3 is 0.672 bits per heavy atom. The molecule has 6 heteroatoms. The molecule has 0 heterocycles. The van der Waals surface area contributed by atoms with Gasteiger partial charge in [0, 0.05) is 111 Å². The zero-order valence-corrected chi connectivity index (χ0v) is 66.8. The van der Waals surface area contributed by atoms with Gasteiger partial charge in [0.2, 0.25) is 0 Å². The minimum atomic E-state index is 1.11. The lowest BCUT2D eigenvalue weighted by atomic mass is 10.0. The second-order valence-corrected chi connectivity index (χ2v) is 29.8. The quantitative estimate of drug-likeness (QED) is 0.0847. The number of benzene rings is 20. The van der Waals surface area contributed by atoms with Crippen molar-refractivity contribution in [1.82, 2.24) is 0 Å². The summed E-state index contributed by atoms with van der Waals surface area (Å²) >= 11 is 0. The second kappa shape index (κ2) is 34.7. The van der Waals surface area contributed by atoms with Crippen molar-refractivity contribution in [2.45, 2.75) is 0 Å². The van der Waals surface area contributed by atoms with Crippen molar-refractivity contribution in [2.75, 3.05) is 50.5 Å². The van der Waals surface area contributed by atoms with Crippen molar-refractivity contribution in [2.24, 2.45) is 0 Å². The third-order valence-corrected chi connectivity index (χ3v) is 22.6. The van der Waals surface area contributed by atoms with Crippen LogP contribution in [0.5, 0.6) is 0 Å². The lowest BCUT2D eigenvalue weighted by Crippen LogP contribution is -2.12. The van der Waals surface area contributed by atoms with Gasteiger partial charge in [0.1, 0.15) is 0 Å². The highest BCUT2D eigenvalue weighted by Crippen LogP contribution is 2.46. The Morgan fingerprint density at radius 2 is 0.336 bits per heavy atom. The summed E-state index contributed by atoms with van der Waals surface area (Å²) in [6.07, 6.45) is 0. The minimum absolute atomic E-state index is 1.11. The van der Waals surface area contributed by atoms with Crippen molar-refractivity contribution >= 4 is 139 Å². The van der Waals surface area contributed by atoms with Crippen LogP contribution in [0.25, 0.3) is 87.2 Å². The fraction of sp³-hybridized carbons (Fsp3) is 0.0265. The van der Waals surface area contributed by atoms with E-state index < -0.39 is 0 Å². The summed E-state index contributed by atoms with van der Waals surface area (Å²) in [6.45, 7) is 0. The third kappa shape index (κ3) is 16.2. The van der Waals surface area contributed by atoms with E-state index in [-0.39, 0.29) is 0 Å². The Bertz CT molecular complexity index is 6780. The van der Waals surface area contributed by atoms with Crippen LogP contribution in [-0.4, -0.2) is 21.1 Å². The van der Waals surface area contributed by atoms with Crippen LogP contribution >= 0.6 is 0 Å². The fourth-order valence-electron chi connectivity index (χ4n) is 16.2. The molecule has 20 aromatic rings. The zero-order chi connectivity index (χ0) is 80.2. The van der Waals surface area contributed by atoms with Crippen LogP contribution in [0.15, 0.2) is 479 Å². The van der Waals surface area contributed by atoms with E-state index in [4.69, 9.17) is 0 Å². The Morgan fingerprint density at radius 1 is 0.126 bits per heavy atom. The van der Waals surface area contributed by atoms with Crippen molar-refractivity contribution in [3.63, 3.8) is 0 Å². The maximum absolute atomic E-state index is 2.36. The van der Waals surface area contributed by atoms with Gasteiger partial charge in [-0.05, 0) is 223 Å². The molecule has 0 radical (unpaired) electrons. The number of hydrogen-bond acceptors (Lipinski definition) is 6. The van der Waals surface area contributed by atoms with E-state index in [9.17, 15) is 0 Å². The number of anilines is 15. The highest BCUT2D eigenvalue weighted by molar-refractivity contribution is 6.03. The average molecular weight is 1530 g/mol. The van der Waals surface area contributed by atoms with Crippen LogP contribution in [0.4, 0.5) is 85.3 Å². The highest BCUT2D eigenvalue weighted by atomic mass is 15.2. The van der Waals surface area contributed by atoms with E-state index in [1.807, 2.05) is 6.07 Å². The summed E-state index contributed by atoms with van der Waals surface area (Å²) in [6, 6.07) is 171.